The van der Waals surface area contributed by atoms with E-state index in [1.165, 1.54) is 0 Å². The van der Waals surface area contributed by atoms with Gasteiger partial charge in [0.1, 0.15) is 5.02 Å². The van der Waals surface area contributed by atoms with Crippen LogP contribution in [0.1, 0.15) is 26.0 Å². The van der Waals surface area contributed by atoms with E-state index in [9.17, 15) is 0 Å². The van der Waals surface area contributed by atoms with Gasteiger partial charge in [-0.15, -0.1) is 0 Å². The third-order valence-corrected chi connectivity index (χ3v) is 2.36. The Bertz CT molecular complexity index is 260. The number of hydrogen-bond donors (Lipinski definition) is 1. The number of nitrogens with zero attached hydrogens (tertiary/aromatic N) is 1. The molecule has 1 aromatic rings. The Balaban J connectivity index is 2.69. The van der Waals surface area contributed by atoms with Crippen molar-refractivity contribution in [1.29, 1.82) is 0 Å². The van der Waals surface area contributed by atoms with Crippen LogP contribution in [0.5, 0.6) is 0 Å². The molecule has 1 heterocycles. The molecule has 0 saturated heterocycles. The molecule has 4 heteroatoms. The summed E-state index contributed by atoms with van der Waals surface area (Å²) in [6.45, 7) is 4.26. The Labute approximate surface area is 76.9 Å². The largest absolute Gasteiger partial charge is 0.380 e. The molecule has 2 N–H and O–H groups in total. The molecule has 0 aliphatic heterocycles. The fourth-order valence-electron chi connectivity index (χ4n) is 0.915. The summed E-state index contributed by atoms with van der Waals surface area (Å²) in [6, 6.07) is 0. The summed E-state index contributed by atoms with van der Waals surface area (Å²) in [6.07, 6.45) is 1.90. The van der Waals surface area contributed by atoms with Crippen LogP contribution >= 0.6 is 11.6 Å². The molecular formula is C8H13ClN2O. The van der Waals surface area contributed by atoms with E-state index in [0.717, 1.165) is 12.8 Å². The van der Waals surface area contributed by atoms with Gasteiger partial charge in [-0.05, 0) is 5.92 Å². The van der Waals surface area contributed by atoms with Crippen LogP contribution in [0.4, 0.5) is 5.82 Å². The van der Waals surface area contributed by atoms with E-state index < -0.39 is 0 Å². The molecule has 0 fully saturated rings. The lowest BCUT2D eigenvalue weighted by atomic mass is 10.0. The zero-order chi connectivity index (χ0) is 9.14. The smallest absolute Gasteiger partial charge is 0.185 e. The molecule has 0 aromatic carbocycles. The van der Waals surface area contributed by atoms with Crippen LogP contribution in [-0.2, 0) is 6.42 Å². The second-order valence-corrected chi connectivity index (χ2v) is 3.40. The minimum Gasteiger partial charge on any atom is -0.380 e. The fraction of sp³-hybridized carbons (Fsp3) is 0.625. The van der Waals surface area contributed by atoms with Gasteiger partial charge in [0.25, 0.3) is 0 Å². The van der Waals surface area contributed by atoms with Crippen LogP contribution in [0, 0.1) is 5.92 Å². The molecule has 1 aromatic heterocycles. The molecule has 1 unspecified atom stereocenters. The first-order chi connectivity index (χ1) is 5.65. The van der Waals surface area contributed by atoms with Crippen LogP contribution < -0.4 is 5.73 Å². The van der Waals surface area contributed by atoms with Gasteiger partial charge >= 0.3 is 0 Å². The van der Waals surface area contributed by atoms with Gasteiger partial charge in [-0.25, -0.2) is 0 Å². The number of aromatic nitrogens is 1. The number of halogens is 1. The van der Waals surface area contributed by atoms with Crippen molar-refractivity contribution >= 4 is 17.4 Å². The first-order valence-electron chi connectivity index (χ1n) is 4.04. The van der Waals surface area contributed by atoms with E-state index >= 15 is 0 Å². The maximum absolute atomic E-state index is 5.83. The van der Waals surface area contributed by atoms with Crippen molar-refractivity contribution < 1.29 is 4.52 Å². The molecular weight excluding hydrogens is 176 g/mol. The van der Waals surface area contributed by atoms with E-state index in [-0.39, 0.29) is 5.82 Å². The highest BCUT2D eigenvalue weighted by Crippen LogP contribution is 2.25. The van der Waals surface area contributed by atoms with E-state index in [1.807, 2.05) is 0 Å². The lowest BCUT2D eigenvalue weighted by molar-refractivity contribution is 0.364. The maximum Gasteiger partial charge on any atom is 0.185 e. The second-order valence-electron chi connectivity index (χ2n) is 3.02. The number of nitrogens with two attached hydrogens (primary N) is 1. The monoisotopic (exact) mass is 188 g/mol. The van der Waals surface area contributed by atoms with Gasteiger partial charge in [0.15, 0.2) is 11.6 Å². The predicted molar refractivity (Wildman–Crippen MR) is 49.1 cm³/mol. The van der Waals surface area contributed by atoms with Crippen molar-refractivity contribution in [2.24, 2.45) is 5.92 Å². The van der Waals surface area contributed by atoms with Gasteiger partial charge in [0, 0.05) is 6.42 Å². The number of anilines is 1. The van der Waals surface area contributed by atoms with Gasteiger partial charge in [-0.2, -0.15) is 0 Å². The second kappa shape index (κ2) is 3.81. The Morgan fingerprint density at radius 2 is 2.33 bits per heavy atom. The van der Waals surface area contributed by atoms with Crippen molar-refractivity contribution in [1.82, 2.24) is 5.16 Å². The Morgan fingerprint density at radius 1 is 1.67 bits per heavy atom. The van der Waals surface area contributed by atoms with Gasteiger partial charge < -0.3 is 10.3 Å². The molecule has 12 heavy (non-hydrogen) atoms. The lowest BCUT2D eigenvalue weighted by Gasteiger charge is -2.03. The molecule has 0 radical (unpaired) electrons. The molecule has 1 atom stereocenters. The van der Waals surface area contributed by atoms with Crippen LogP contribution in [0.3, 0.4) is 0 Å². The number of hydrogen-bond acceptors (Lipinski definition) is 3. The van der Waals surface area contributed by atoms with Gasteiger partial charge in [0.2, 0.25) is 0 Å². The maximum atomic E-state index is 5.83. The van der Waals surface area contributed by atoms with E-state index in [0.29, 0.717) is 16.7 Å². The average Bonchev–Trinajstić information content (AvgIpc) is 2.36. The number of rotatable bonds is 3. The van der Waals surface area contributed by atoms with E-state index in [2.05, 4.69) is 19.0 Å². The summed E-state index contributed by atoms with van der Waals surface area (Å²) in [5.74, 6) is 1.54. The Kier molecular flexibility index (Phi) is 2.98. The molecule has 0 aliphatic rings. The standard InChI is InChI=1S/C8H13ClN2O/c1-3-5(2)4-6-7(9)8(10)11-12-6/h5H,3-4H2,1-2H3,(H2,10,11). The summed E-state index contributed by atoms with van der Waals surface area (Å²) >= 11 is 5.83. The molecule has 0 amide bonds. The van der Waals surface area contributed by atoms with Crippen molar-refractivity contribution in [3.63, 3.8) is 0 Å². The summed E-state index contributed by atoms with van der Waals surface area (Å²) < 4.78 is 4.96. The highest BCUT2D eigenvalue weighted by Gasteiger charge is 2.13. The van der Waals surface area contributed by atoms with Gasteiger partial charge in [-0.1, -0.05) is 37.0 Å². The van der Waals surface area contributed by atoms with E-state index in [1.54, 1.807) is 0 Å². The predicted octanol–water partition coefficient (Wildman–Crippen LogP) is 2.50. The molecule has 1 rings (SSSR count). The first-order valence-corrected chi connectivity index (χ1v) is 4.42. The highest BCUT2D eigenvalue weighted by atomic mass is 35.5. The molecule has 0 bridgehead atoms. The zero-order valence-electron chi connectivity index (χ0n) is 7.30. The summed E-state index contributed by atoms with van der Waals surface area (Å²) in [5.41, 5.74) is 5.42. The van der Waals surface area contributed by atoms with Crippen molar-refractivity contribution in [3.8, 4) is 0 Å². The Hall–Kier alpha value is -0.700. The van der Waals surface area contributed by atoms with Crippen LogP contribution in [0.25, 0.3) is 0 Å². The average molecular weight is 189 g/mol. The number of nitrogen functional groups attached to an aromatic ring is 1. The molecule has 68 valence electrons. The molecule has 0 spiro atoms. The van der Waals surface area contributed by atoms with E-state index in [4.69, 9.17) is 21.9 Å². The molecule has 0 saturated carbocycles. The third-order valence-electron chi connectivity index (χ3n) is 1.95. The quantitative estimate of drug-likeness (QED) is 0.793. The zero-order valence-corrected chi connectivity index (χ0v) is 8.06. The summed E-state index contributed by atoms with van der Waals surface area (Å²) in [4.78, 5) is 0. The van der Waals surface area contributed by atoms with Crippen LogP contribution in [0.2, 0.25) is 5.02 Å². The van der Waals surface area contributed by atoms with Gasteiger partial charge in [0.05, 0.1) is 0 Å². The van der Waals surface area contributed by atoms with Crippen molar-refractivity contribution in [2.75, 3.05) is 5.73 Å². The molecule has 3 nitrogen and oxygen atoms in total. The lowest BCUT2D eigenvalue weighted by Crippen LogP contribution is -1.96. The Morgan fingerprint density at radius 3 is 2.75 bits per heavy atom. The van der Waals surface area contributed by atoms with Gasteiger partial charge in [-0.3, -0.25) is 0 Å². The van der Waals surface area contributed by atoms with Crippen molar-refractivity contribution in [3.05, 3.63) is 10.8 Å². The minimum atomic E-state index is 0.287. The fourth-order valence-corrected chi connectivity index (χ4v) is 1.06. The van der Waals surface area contributed by atoms with Crippen LogP contribution in [-0.4, -0.2) is 5.16 Å². The normalized spacial score (nSPS) is 13.2. The summed E-state index contributed by atoms with van der Waals surface area (Å²) in [7, 11) is 0. The van der Waals surface area contributed by atoms with Crippen LogP contribution in [0.15, 0.2) is 4.52 Å². The summed E-state index contributed by atoms with van der Waals surface area (Å²) in [5, 5.41) is 4.04. The highest BCUT2D eigenvalue weighted by molar-refractivity contribution is 6.33. The van der Waals surface area contributed by atoms with Crippen molar-refractivity contribution in [2.45, 2.75) is 26.7 Å². The third kappa shape index (κ3) is 1.91. The SMILES string of the molecule is CCC(C)Cc1onc(N)c1Cl. The first kappa shape index (κ1) is 9.39. The minimum absolute atomic E-state index is 0.287. The molecule has 0 aliphatic carbocycles. The topological polar surface area (TPSA) is 52.0 Å².